The van der Waals surface area contributed by atoms with E-state index >= 15 is 0 Å². The zero-order valence-corrected chi connectivity index (χ0v) is 10.2. The molecule has 0 amide bonds. The smallest absolute Gasteiger partial charge is 0.182 e. The van der Waals surface area contributed by atoms with Gasteiger partial charge in [-0.2, -0.15) is 0 Å². The van der Waals surface area contributed by atoms with E-state index in [-0.39, 0.29) is 0 Å². The molecule has 0 bridgehead atoms. The Bertz CT molecular complexity index is 557. The number of hydrogen-bond donors (Lipinski definition) is 1. The predicted molar refractivity (Wildman–Crippen MR) is 65.7 cm³/mol. The van der Waals surface area contributed by atoms with Gasteiger partial charge in [0.1, 0.15) is 0 Å². The number of benzene rings is 1. The fourth-order valence-electron chi connectivity index (χ4n) is 1.41. The first-order valence-corrected chi connectivity index (χ1v) is 5.48. The van der Waals surface area contributed by atoms with E-state index in [1.54, 1.807) is 18.2 Å². The summed E-state index contributed by atoms with van der Waals surface area (Å²) < 4.78 is 2.46. The number of aromatic nitrogens is 2. The van der Waals surface area contributed by atoms with Crippen LogP contribution in [0.3, 0.4) is 0 Å². The average Bonchev–Trinajstić information content (AvgIpc) is 2.51. The van der Waals surface area contributed by atoms with Crippen molar-refractivity contribution in [3.05, 3.63) is 44.9 Å². The van der Waals surface area contributed by atoms with Crippen molar-refractivity contribution in [3.63, 3.8) is 0 Å². The molecule has 0 unspecified atom stereocenters. The molecule has 5 heteroatoms. The van der Waals surface area contributed by atoms with Crippen LogP contribution in [-0.4, -0.2) is 9.55 Å². The minimum atomic E-state index is 0.608. The van der Waals surface area contributed by atoms with Gasteiger partial charge in [-0.15, -0.1) is 0 Å². The van der Waals surface area contributed by atoms with Crippen molar-refractivity contribution in [2.24, 2.45) is 0 Å². The first-order valence-electron chi connectivity index (χ1n) is 4.32. The largest absolute Gasteiger partial charge is 0.337 e. The van der Waals surface area contributed by atoms with Crippen LogP contribution in [0.2, 0.25) is 10.0 Å². The maximum atomic E-state index is 6.09. The molecule has 0 aliphatic rings. The van der Waals surface area contributed by atoms with Gasteiger partial charge < -0.3 is 4.98 Å². The molecule has 0 atom stereocenters. The highest BCUT2D eigenvalue weighted by atomic mass is 35.5. The van der Waals surface area contributed by atoms with Gasteiger partial charge in [-0.25, -0.2) is 0 Å². The summed E-state index contributed by atoms with van der Waals surface area (Å²) in [4.78, 5) is 2.96. The van der Waals surface area contributed by atoms with E-state index in [1.165, 1.54) is 0 Å². The summed E-state index contributed by atoms with van der Waals surface area (Å²) in [6.45, 7) is 1.95. The average molecular weight is 259 g/mol. The van der Waals surface area contributed by atoms with Crippen LogP contribution in [-0.2, 0) is 0 Å². The molecule has 1 heterocycles. The van der Waals surface area contributed by atoms with Crippen LogP contribution in [0.15, 0.2) is 24.4 Å². The van der Waals surface area contributed by atoms with E-state index in [0.717, 1.165) is 11.4 Å². The lowest BCUT2D eigenvalue weighted by Crippen LogP contribution is -1.97. The molecule has 0 saturated carbocycles. The molecule has 0 radical (unpaired) electrons. The van der Waals surface area contributed by atoms with Gasteiger partial charge in [-0.05, 0) is 37.3 Å². The number of imidazole rings is 1. The van der Waals surface area contributed by atoms with Crippen molar-refractivity contribution in [1.29, 1.82) is 0 Å². The number of nitrogens with zero attached hydrogens (tertiary/aromatic N) is 1. The lowest BCUT2D eigenvalue weighted by Gasteiger charge is -2.07. The van der Waals surface area contributed by atoms with Crippen LogP contribution in [0.1, 0.15) is 5.69 Å². The number of halogens is 2. The van der Waals surface area contributed by atoms with Crippen molar-refractivity contribution in [2.75, 3.05) is 0 Å². The number of hydrogen-bond acceptors (Lipinski definition) is 1. The lowest BCUT2D eigenvalue weighted by molar-refractivity contribution is 0.985. The number of H-pyrrole nitrogens is 1. The second-order valence-corrected chi connectivity index (χ2v) is 4.40. The first kappa shape index (κ1) is 10.7. The maximum absolute atomic E-state index is 6.09. The summed E-state index contributed by atoms with van der Waals surface area (Å²) in [6.07, 6.45) is 1.83. The Morgan fingerprint density at radius 3 is 2.67 bits per heavy atom. The van der Waals surface area contributed by atoms with Crippen LogP contribution in [0, 0.1) is 11.7 Å². The Hall–Kier alpha value is -0.770. The number of nitrogens with one attached hydrogen (secondary N) is 1. The zero-order chi connectivity index (χ0) is 11.0. The minimum Gasteiger partial charge on any atom is -0.337 e. The Kier molecular flexibility index (Phi) is 2.87. The normalized spacial score (nSPS) is 10.6. The third-order valence-corrected chi connectivity index (χ3v) is 2.96. The van der Waals surface area contributed by atoms with E-state index in [1.807, 2.05) is 17.7 Å². The third kappa shape index (κ3) is 1.95. The van der Waals surface area contributed by atoms with Gasteiger partial charge in [-0.1, -0.05) is 23.2 Å². The van der Waals surface area contributed by atoms with E-state index in [2.05, 4.69) is 4.98 Å². The fraction of sp³-hybridized carbons (Fsp3) is 0.100. The molecule has 2 aromatic rings. The van der Waals surface area contributed by atoms with Gasteiger partial charge in [0.05, 0.1) is 10.7 Å². The second-order valence-electron chi connectivity index (χ2n) is 3.17. The number of rotatable bonds is 1. The molecule has 0 saturated heterocycles. The molecule has 1 aromatic heterocycles. The topological polar surface area (TPSA) is 20.7 Å². The van der Waals surface area contributed by atoms with Crippen molar-refractivity contribution in [2.45, 2.75) is 6.92 Å². The summed E-state index contributed by atoms with van der Waals surface area (Å²) in [5.74, 6) is 0. The number of aromatic amines is 1. The summed E-state index contributed by atoms with van der Waals surface area (Å²) in [6, 6.07) is 5.30. The molecule has 0 aliphatic carbocycles. The molecule has 0 fully saturated rings. The summed E-state index contributed by atoms with van der Waals surface area (Å²) in [5.41, 5.74) is 1.79. The molecule has 78 valence electrons. The zero-order valence-electron chi connectivity index (χ0n) is 7.92. The monoisotopic (exact) mass is 258 g/mol. The number of aryl methyl sites for hydroxylation is 1. The first-order chi connectivity index (χ1) is 7.09. The quantitative estimate of drug-likeness (QED) is 0.763. The van der Waals surface area contributed by atoms with E-state index < -0.39 is 0 Å². The van der Waals surface area contributed by atoms with E-state index in [0.29, 0.717) is 14.8 Å². The second kappa shape index (κ2) is 4.00. The molecule has 1 N–H and O–H groups in total. The molecule has 15 heavy (non-hydrogen) atoms. The summed E-state index contributed by atoms with van der Waals surface area (Å²) in [5, 5.41) is 1.26. The molecular formula is C10H8Cl2N2S. The van der Waals surface area contributed by atoms with Gasteiger partial charge in [0.25, 0.3) is 0 Å². The SMILES string of the molecule is Cc1c[nH]c(=S)n1-c1cc(Cl)ccc1Cl. The standard InChI is InChI=1S/C10H8Cl2N2S/c1-6-5-13-10(15)14(6)9-4-7(11)2-3-8(9)12/h2-5H,1H3,(H,13,15). The van der Waals surface area contributed by atoms with Crippen LogP contribution >= 0.6 is 35.4 Å². The van der Waals surface area contributed by atoms with Crippen LogP contribution in [0.25, 0.3) is 5.69 Å². The molecule has 2 rings (SSSR count). The predicted octanol–water partition coefficient (Wildman–Crippen LogP) is 4.15. The highest BCUT2D eigenvalue weighted by Gasteiger charge is 2.07. The maximum Gasteiger partial charge on any atom is 0.182 e. The Labute approximate surface area is 102 Å². The van der Waals surface area contributed by atoms with Crippen molar-refractivity contribution in [3.8, 4) is 5.69 Å². The Morgan fingerprint density at radius 2 is 2.07 bits per heavy atom. The van der Waals surface area contributed by atoms with Crippen LogP contribution in [0.5, 0.6) is 0 Å². The van der Waals surface area contributed by atoms with Crippen molar-refractivity contribution < 1.29 is 0 Å². The minimum absolute atomic E-state index is 0.608. The van der Waals surface area contributed by atoms with Gasteiger partial charge in [0, 0.05) is 16.9 Å². The molecular weight excluding hydrogens is 251 g/mol. The lowest BCUT2D eigenvalue weighted by atomic mass is 10.3. The van der Waals surface area contributed by atoms with Crippen molar-refractivity contribution >= 4 is 35.4 Å². The highest BCUT2D eigenvalue weighted by molar-refractivity contribution is 7.71. The van der Waals surface area contributed by atoms with Gasteiger partial charge in [-0.3, -0.25) is 4.57 Å². The summed E-state index contributed by atoms with van der Waals surface area (Å²) >= 11 is 17.2. The molecule has 1 aromatic carbocycles. The van der Waals surface area contributed by atoms with Gasteiger partial charge in [0.2, 0.25) is 0 Å². The Morgan fingerprint density at radius 1 is 1.33 bits per heavy atom. The molecule has 2 nitrogen and oxygen atoms in total. The van der Waals surface area contributed by atoms with Crippen LogP contribution in [0.4, 0.5) is 0 Å². The van der Waals surface area contributed by atoms with E-state index in [4.69, 9.17) is 35.4 Å². The van der Waals surface area contributed by atoms with E-state index in [9.17, 15) is 0 Å². The van der Waals surface area contributed by atoms with Crippen molar-refractivity contribution in [1.82, 2.24) is 9.55 Å². The fourth-order valence-corrected chi connectivity index (χ4v) is 2.08. The Balaban J connectivity index is 2.74. The molecule has 0 aliphatic heterocycles. The van der Waals surface area contributed by atoms with Gasteiger partial charge >= 0.3 is 0 Å². The molecule has 0 spiro atoms. The summed E-state index contributed by atoms with van der Waals surface area (Å²) in [7, 11) is 0. The van der Waals surface area contributed by atoms with Crippen LogP contribution < -0.4 is 0 Å². The van der Waals surface area contributed by atoms with Gasteiger partial charge in [0.15, 0.2) is 4.77 Å². The highest BCUT2D eigenvalue weighted by Crippen LogP contribution is 2.25. The third-order valence-electron chi connectivity index (χ3n) is 2.11.